The van der Waals surface area contributed by atoms with Crippen molar-refractivity contribution in [3.05, 3.63) is 70.3 Å². The molecular weight excluding hydrogens is 338 g/mol. The molecule has 0 aliphatic rings. The molecule has 3 rings (SSSR count). The Labute approximate surface area is 146 Å². The predicted molar refractivity (Wildman–Crippen MR) is 94.1 cm³/mol. The Balaban J connectivity index is 2.35. The number of nitrogens with zero attached hydrogens (tertiary/aromatic N) is 1. The lowest BCUT2D eigenvalue weighted by molar-refractivity contribution is 0.0695. The van der Waals surface area contributed by atoms with Crippen LogP contribution in [0.4, 0.5) is 5.82 Å². The number of benzene rings is 1. The van der Waals surface area contributed by atoms with Crippen LogP contribution in [0.15, 0.2) is 53.6 Å². The van der Waals surface area contributed by atoms with Gasteiger partial charge < -0.3 is 20.9 Å². The fourth-order valence-electron chi connectivity index (χ4n) is 2.72. The second kappa shape index (κ2) is 6.52. The highest BCUT2D eigenvalue weighted by Crippen LogP contribution is 2.31. The molecule has 2 heterocycles. The van der Waals surface area contributed by atoms with Crippen LogP contribution in [-0.2, 0) is 0 Å². The SMILES string of the molecule is Nc1[nH]c(=O)c(C(=O)O)c(-c2cccc(-c3cccnc3)c2)c1C(=O)O. The van der Waals surface area contributed by atoms with E-state index in [-0.39, 0.29) is 11.1 Å². The van der Waals surface area contributed by atoms with Crippen molar-refractivity contribution in [1.29, 1.82) is 0 Å². The van der Waals surface area contributed by atoms with Gasteiger partial charge in [0, 0.05) is 23.5 Å². The first-order valence-corrected chi connectivity index (χ1v) is 7.43. The molecule has 5 N–H and O–H groups in total. The largest absolute Gasteiger partial charge is 0.478 e. The molecule has 0 unspecified atom stereocenters. The van der Waals surface area contributed by atoms with E-state index >= 15 is 0 Å². The van der Waals surface area contributed by atoms with Gasteiger partial charge in [0.25, 0.3) is 5.56 Å². The summed E-state index contributed by atoms with van der Waals surface area (Å²) in [6.45, 7) is 0. The number of aromatic nitrogens is 2. The average molecular weight is 351 g/mol. The van der Waals surface area contributed by atoms with Crippen LogP contribution >= 0.6 is 0 Å². The second-order valence-electron chi connectivity index (χ2n) is 5.43. The van der Waals surface area contributed by atoms with Crippen LogP contribution in [0.2, 0.25) is 0 Å². The quantitative estimate of drug-likeness (QED) is 0.562. The molecule has 0 fully saturated rings. The summed E-state index contributed by atoms with van der Waals surface area (Å²) in [6, 6.07) is 10.0. The highest BCUT2D eigenvalue weighted by Gasteiger charge is 2.26. The van der Waals surface area contributed by atoms with Crippen LogP contribution in [0.25, 0.3) is 22.3 Å². The van der Waals surface area contributed by atoms with E-state index < -0.39 is 34.4 Å². The van der Waals surface area contributed by atoms with Crippen molar-refractivity contribution >= 4 is 17.8 Å². The molecule has 2 aromatic heterocycles. The van der Waals surface area contributed by atoms with E-state index in [4.69, 9.17) is 5.73 Å². The van der Waals surface area contributed by atoms with Crippen molar-refractivity contribution in [2.75, 3.05) is 5.73 Å². The third-order valence-electron chi connectivity index (χ3n) is 3.82. The van der Waals surface area contributed by atoms with Gasteiger partial charge in [-0.3, -0.25) is 9.78 Å². The molecule has 26 heavy (non-hydrogen) atoms. The van der Waals surface area contributed by atoms with E-state index in [0.29, 0.717) is 5.56 Å². The molecule has 0 amide bonds. The van der Waals surface area contributed by atoms with Crippen molar-refractivity contribution in [3.63, 3.8) is 0 Å². The predicted octanol–water partition coefficient (Wildman–Crippen LogP) is 2.08. The Hall–Kier alpha value is -3.94. The Morgan fingerprint density at radius 2 is 1.62 bits per heavy atom. The number of nitrogens with one attached hydrogen (secondary N) is 1. The maximum absolute atomic E-state index is 12.1. The normalized spacial score (nSPS) is 10.5. The smallest absolute Gasteiger partial charge is 0.342 e. The number of anilines is 1. The van der Waals surface area contributed by atoms with Gasteiger partial charge in [0.1, 0.15) is 16.9 Å². The van der Waals surface area contributed by atoms with Gasteiger partial charge in [-0.25, -0.2) is 9.59 Å². The number of hydrogen-bond acceptors (Lipinski definition) is 5. The number of carbonyl (C=O) groups is 2. The molecule has 1 aromatic carbocycles. The first kappa shape index (κ1) is 16.9. The van der Waals surface area contributed by atoms with Crippen molar-refractivity contribution in [2.45, 2.75) is 0 Å². The van der Waals surface area contributed by atoms with Crippen molar-refractivity contribution in [2.24, 2.45) is 0 Å². The lowest BCUT2D eigenvalue weighted by atomic mass is 9.93. The molecule has 0 aliphatic heterocycles. The molecule has 0 aliphatic carbocycles. The minimum atomic E-state index is -1.55. The fourth-order valence-corrected chi connectivity index (χ4v) is 2.72. The van der Waals surface area contributed by atoms with Gasteiger partial charge in [-0.15, -0.1) is 0 Å². The van der Waals surface area contributed by atoms with Gasteiger partial charge in [0.2, 0.25) is 0 Å². The van der Waals surface area contributed by atoms with Gasteiger partial charge in [-0.05, 0) is 23.3 Å². The second-order valence-corrected chi connectivity index (χ2v) is 5.43. The van der Waals surface area contributed by atoms with Gasteiger partial charge in [-0.1, -0.05) is 24.3 Å². The van der Waals surface area contributed by atoms with Crippen LogP contribution in [0.1, 0.15) is 20.7 Å². The minimum Gasteiger partial charge on any atom is -0.478 e. The number of hydrogen-bond donors (Lipinski definition) is 4. The summed E-state index contributed by atoms with van der Waals surface area (Å²) in [5.41, 5.74) is 4.96. The number of pyridine rings is 2. The summed E-state index contributed by atoms with van der Waals surface area (Å²) in [7, 11) is 0. The highest BCUT2D eigenvalue weighted by molar-refractivity contribution is 6.07. The van der Waals surface area contributed by atoms with E-state index in [9.17, 15) is 24.6 Å². The number of carboxylic acid groups (broad SMARTS) is 2. The van der Waals surface area contributed by atoms with Gasteiger partial charge in [0.15, 0.2) is 0 Å². The summed E-state index contributed by atoms with van der Waals surface area (Å²) in [5, 5.41) is 18.9. The summed E-state index contributed by atoms with van der Waals surface area (Å²) in [6.07, 6.45) is 3.22. The van der Waals surface area contributed by atoms with Gasteiger partial charge >= 0.3 is 11.9 Å². The Morgan fingerprint density at radius 3 is 2.23 bits per heavy atom. The number of aromatic amines is 1. The molecule has 3 aromatic rings. The molecule has 0 spiro atoms. The lowest BCUT2D eigenvalue weighted by Crippen LogP contribution is -2.24. The van der Waals surface area contributed by atoms with Crippen LogP contribution < -0.4 is 11.3 Å². The molecule has 0 atom stereocenters. The van der Waals surface area contributed by atoms with E-state index in [0.717, 1.165) is 5.56 Å². The van der Waals surface area contributed by atoms with Crippen LogP contribution in [0.5, 0.6) is 0 Å². The minimum absolute atomic E-state index is 0.239. The van der Waals surface area contributed by atoms with Crippen molar-refractivity contribution in [1.82, 2.24) is 9.97 Å². The number of nitrogens with two attached hydrogens (primary N) is 1. The third kappa shape index (κ3) is 2.91. The number of H-pyrrole nitrogens is 1. The maximum atomic E-state index is 12.1. The number of rotatable bonds is 4. The van der Waals surface area contributed by atoms with E-state index in [1.165, 1.54) is 6.07 Å². The summed E-state index contributed by atoms with van der Waals surface area (Å²) in [5.74, 6) is -3.40. The first-order chi connectivity index (χ1) is 12.4. The topological polar surface area (TPSA) is 146 Å². The zero-order valence-corrected chi connectivity index (χ0v) is 13.3. The molecule has 0 radical (unpaired) electrons. The number of carboxylic acids is 2. The van der Waals surface area contributed by atoms with Crippen LogP contribution in [-0.4, -0.2) is 32.1 Å². The molecule has 0 bridgehead atoms. The summed E-state index contributed by atoms with van der Waals surface area (Å²) >= 11 is 0. The third-order valence-corrected chi connectivity index (χ3v) is 3.82. The van der Waals surface area contributed by atoms with E-state index in [1.54, 1.807) is 42.7 Å². The standard InChI is InChI=1S/C18H13N3O5/c19-15-13(17(23)24)12(14(18(25)26)16(22)21-15)10-4-1-3-9(7-10)11-5-2-6-20-8-11/h1-8H,(H,23,24)(H,25,26)(H3,19,21,22). The first-order valence-electron chi connectivity index (χ1n) is 7.43. The molecule has 8 nitrogen and oxygen atoms in total. The van der Waals surface area contributed by atoms with Crippen LogP contribution in [0.3, 0.4) is 0 Å². The van der Waals surface area contributed by atoms with Crippen molar-refractivity contribution < 1.29 is 19.8 Å². The van der Waals surface area contributed by atoms with E-state index in [1.807, 2.05) is 0 Å². The van der Waals surface area contributed by atoms with Crippen molar-refractivity contribution in [3.8, 4) is 22.3 Å². The maximum Gasteiger partial charge on any atom is 0.342 e. The summed E-state index contributed by atoms with van der Waals surface area (Å²) < 4.78 is 0. The van der Waals surface area contributed by atoms with E-state index in [2.05, 4.69) is 9.97 Å². The number of aromatic carboxylic acids is 2. The number of nitrogen functional groups attached to an aromatic ring is 1. The Morgan fingerprint density at radius 1 is 0.962 bits per heavy atom. The van der Waals surface area contributed by atoms with Crippen LogP contribution in [0, 0.1) is 0 Å². The zero-order chi connectivity index (χ0) is 18.8. The van der Waals surface area contributed by atoms with Gasteiger partial charge in [0.05, 0.1) is 0 Å². The summed E-state index contributed by atoms with van der Waals surface area (Å²) in [4.78, 5) is 41.4. The molecule has 0 saturated carbocycles. The zero-order valence-electron chi connectivity index (χ0n) is 13.3. The highest BCUT2D eigenvalue weighted by atomic mass is 16.4. The molecule has 130 valence electrons. The molecule has 0 saturated heterocycles. The Kier molecular flexibility index (Phi) is 4.24. The van der Waals surface area contributed by atoms with Gasteiger partial charge in [-0.2, -0.15) is 0 Å². The Bertz CT molecular complexity index is 1070. The fraction of sp³-hybridized carbons (Fsp3) is 0. The monoisotopic (exact) mass is 351 g/mol. The molecule has 8 heteroatoms. The lowest BCUT2D eigenvalue weighted by Gasteiger charge is -2.13. The average Bonchev–Trinajstić information content (AvgIpc) is 2.61. The molecular formula is C18H13N3O5.